The molecule has 1 aliphatic rings. The summed E-state index contributed by atoms with van der Waals surface area (Å²) < 4.78 is 59.8. The van der Waals surface area contributed by atoms with Gasteiger partial charge in [0, 0.05) is 47.7 Å². The monoisotopic (exact) mass is 627 g/mol. The zero-order chi connectivity index (χ0) is 32.1. The summed E-state index contributed by atoms with van der Waals surface area (Å²) in [4.78, 5) is 34.2. The first-order valence-electron chi connectivity index (χ1n) is 14.6. The Morgan fingerprint density at radius 3 is 2.62 bits per heavy atom. The van der Waals surface area contributed by atoms with Crippen LogP contribution in [0.15, 0.2) is 48.9 Å². The number of hydrogen-bond acceptors (Lipinski definition) is 7. The van der Waals surface area contributed by atoms with E-state index in [-0.39, 0.29) is 35.0 Å². The highest BCUT2D eigenvalue weighted by molar-refractivity contribution is 5.96. The van der Waals surface area contributed by atoms with Crippen molar-refractivity contribution in [2.45, 2.75) is 45.8 Å². The predicted molar refractivity (Wildman–Crippen MR) is 160 cm³/mol. The molecule has 1 saturated heterocycles. The first-order valence-corrected chi connectivity index (χ1v) is 14.6. The summed E-state index contributed by atoms with van der Waals surface area (Å²) in [7, 11) is 0. The van der Waals surface area contributed by atoms with Crippen molar-refractivity contribution in [2.24, 2.45) is 5.92 Å². The summed E-state index contributed by atoms with van der Waals surface area (Å²) in [6, 6.07) is 6.99. The quantitative estimate of drug-likeness (QED) is 0.176. The highest BCUT2D eigenvalue weighted by Crippen LogP contribution is 2.32. The number of aromatic nitrogens is 3. The van der Waals surface area contributed by atoms with Crippen LogP contribution in [0.5, 0.6) is 5.75 Å². The summed E-state index contributed by atoms with van der Waals surface area (Å²) in [6.07, 6.45) is 6.41. The molecule has 0 spiro atoms. The fourth-order valence-electron chi connectivity index (χ4n) is 5.28. The van der Waals surface area contributed by atoms with E-state index in [0.29, 0.717) is 35.7 Å². The number of ether oxygens (including phenoxy) is 1. The Bertz CT molecular complexity index is 1690. The van der Waals surface area contributed by atoms with Crippen LogP contribution in [0, 0.1) is 17.6 Å². The molecule has 238 valence electrons. The Morgan fingerprint density at radius 2 is 1.89 bits per heavy atom. The van der Waals surface area contributed by atoms with Gasteiger partial charge in [0.1, 0.15) is 0 Å². The summed E-state index contributed by atoms with van der Waals surface area (Å²) in [5.41, 5.74) is 2.12. The molecule has 1 fully saturated rings. The van der Waals surface area contributed by atoms with Crippen molar-refractivity contribution >= 4 is 29.0 Å². The standard InChI is InChI=1S/C31H33F4N7O3/c1-3-18-14-20(4-5-21(18)30(44)40-17(2)15-39-29(43)19-8-10-36-11-9-19)41-27-28-38-16-23(42(28)13-12-37-27)22-6-7-24(45-31(34)35)26(33)25(22)32/h4-7,12-14,16-17,19,31,36H,3,8-11,15H2,1-2H3,(H,37,41)(H,39,43)(H,40,44)/t17-/m0/s1. The molecule has 0 saturated carbocycles. The van der Waals surface area contributed by atoms with Gasteiger partial charge in [0.05, 0.1) is 11.9 Å². The summed E-state index contributed by atoms with van der Waals surface area (Å²) in [5, 5.41) is 12.3. The molecule has 0 unspecified atom stereocenters. The van der Waals surface area contributed by atoms with Gasteiger partial charge in [-0.2, -0.15) is 13.2 Å². The molecule has 2 aromatic heterocycles. The van der Waals surface area contributed by atoms with Crippen molar-refractivity contribution in [2.75, 3.05) is 25.0 Å². The van der Waals surface area contributed by atoms with Gasteiger partial charge in [-0.25, -0.2) is 14.4 Å². The number of piperidine rings is 1. The zero-order valence-corrected chi connectivity index (χ0v) is 24.7. The average molecular weight is 628 g/mol. The molecule has 1 aliphatic heterocycles. The van der Waals surface area contributed by atoms with Crippen LogP contribution >= 0.6 is 0 Å². The van der Waals surface area contributed by atoms with E-state index in [1.165, 1.54) is 23.0 Å². The number of nitrogens with one attached hydrogen (secondary N) is 4. The first-order chi connectivity index (χ1) is 21.7. The first kappa shape index (κ1) is 31.7. The number of amides is 2. The second-order valence-electron chi connectivity index (χ2n) is 10.7. The SMILES string of the molecule is CCc1cc(Nc2nccn3c(-c4ccc(OC(F)F)c(F)c4F)cnc23)ccc1C(=O)N[C@@H](C)CNC(=O)C1CCNCC1. The molecular weight excluding hydrogens is 594 g/mol. The summed E-state index contributed by atoms with van der Waals surface area (Å²) in [5.74, 6) is -3.77. The number of aryl methyl sites for hydroxylation is 1. The highest BCUT2D eigenvalue weighted by atomic mass is 19.3. The molecular formula is C31H33F4N7O3. The van der Waals surface area contributed by atoms with Crippen LogP contribution in [0.25, 0.3) is 16.9 Å². The number of benzene rings is 2. The van der Waals surface area contributed by atoms with Gasteiger partial charge in [0.15, 0.2) is 23.0 Å². The number of carbonyl (C=O) groups is 2. The van der Waals surface area contributed by atoms with Crippen molar-refractivity contribution in [3.05, 3.63) is 71.7 Å². The molecule has 2 aromatic carbocycles. The zero-order valence-electron chi connectivity index (χ0n) is 24.7. The van der Waals surface area contributed by atoms with E-state index in [4.69, 9.17) is 0 Å². The molecule has 4 N–H and O–H groups in total. The fraction of sp³-hybridized carbons (Fsp3) is 0.355. The summed E-state index contributed by atoms with van der Waals surface area (Å²) >= 11 is 0. The maximum Gasteiger partial charge on any atom is 0.387 e. The molecule has 0 aliphatic carbocycles. The van der Waals surface area contributed by atoms with Crippen LogP contribution in [-0.2, 0) is 11.2 Å². The van der Waals surface area contributed by atoms with E-state index in [9.17, 15) is 27.2 Å². The molecule has 0 bridgehead atoms. The van der Waals surface area contributed by atoms with Gasteiger partial charge in [0.2, 0.25) is 11.7 Å². The molecule has 5 rings (SSSR count). The molecule has 4 aromatic rings. The maximum atomic E-state index is 14.8. The Labute approximate surface area is 256 Å². The van der Waals surface area contributed by atoms with Gasteiger partial charge in [-0.15, -0.1) is 0 Å². The van der Waals surface area contributed by atoms with E-state index < -0.39 is 24.0 Å². The second-order valence-corrected chi connectivity index (χ2v) is 10.7. The van der Waals surface area contributed by atoms with Gasteiger partial charge in [-0.3, -0.25) is 14.0 Å². The molecule has 3 heterocycles. The van der Waals surface area contributed by atoms with Crippen molar-refractivity contribution in [3.63, 3.8) is 0 Å². The van der Waals surface area contributed by atoms with Crippen molar-refractivity contribution in [1.82, 2.24) is 30.3 Å². The average Bonchev–Trinajstić information content (AvgIpc) is 3.47. The third kappa shape index (κ3) is 7.17. The third-order valence-corrected chi connectivity index (χ3v) is 7.63. The number of anilines is 2. The van der Waals surface area contributed by atoms with E-state index in [0.717, 1.165) is 43.6 Å². The molecule has 2 amide bonds. The van der Waals surface area contributed by atoms with E-state index in [1.54, 1.807) is 12.1 Å². The van der Waals surface area contributed by atoms with Crippen LogP contribution in [0.4, 0.5) is 29.1 Å². The fourth-order valence-corrected chi connectivity index (χ4v) is 5.28. The minimum Gasteiger partial charge on any atom is -0.432 e. The Morgan fingerprint density at radius 1 is 1.11 bits per heavy atom. The molecule has 1 atom stereocenters. The number of fused-ring (bicyclic) bond motifs is 1. The van der Waals surface area contributed by atoms with Gasteiger partial charge in [0.25, 0.3) is 5.91 Å². The number of rotatable bonds is 11. The number of hydrogen-bond donors (Lipinski definition) is 4. The topological polar surface area (TPSA) is 122 Å². The molecule has 10 nitrogen and oxygen atoms in total. The third-order valence-electron chi connectivity index (χ3n) is 7.63. The smallest absolute Gasteiger partial charge is 0.387 e. The number of imidazole rings is 1. The Kier molecular flexibility index (Phi) is 9.81. The Hall–Kier alpha value is -4.72. The lowest BCUT2D eigenvalue weighted by Gasteiger charge is -2.23. The normalized spacial score (nSPS) is 14.4. The second kappa shape index (κ2) is 13.9. The van der Waals surface area contributed by atoms with Gasteiger partial charge < -0.3 is 26.0 Å². The summed E-state index contributed by atoms with van der Waals surface area (Å²) in [6.45, 7) is 2.42. The molecule has 45 heavy (non-hydrogen) atoms. The van der Waals surface area contributed by atoms with Gasteiger partial charge in [-0.1, -0.05) is 6.92 Å². The van der Waals surface area contributed by atoms with E-state index in [2.05, 4.69) is 36.0 Å². The minimum absolute atomic E-state index is 0.00478. The number of carbonyl (C=O) groups excluding carboxylic acids is 2. The lowest BCUT2D eigenvalue weighted by molar-refractivity contribution is -0.125. The van der Waals surface area contributed by atoms with Crippen LogP contribution in [0.2, 0.25) is 0 Å². The van der Waals surface area contributed by atoms with Gasteiger partial charge >= 0.3 is 6.61 Å². The molecule has 14 heteroatoms. The van der Waals surface area contributed by atoms with Crippen LogP contribution in [0.3, 0.4) is 0 Å². The number of halogens is 4. The minimum atomic E-state index is -3.30. The largest absolute Gasteiger partial charge is 0.432 e. The van der Waals surface area contributed by atoms with Crippen LogP contribution < -0.4 is 26.0 Å². The lowest BCUT2D eigenvalue weighted by atomic mass is 9.97. The van der Waals surface area contributed by atoms with Crippen molar-refractivity contribution in [3.8, 4) is 17.0 Å². The lowest BCUT2D eigenvalue weighted by Crippen LogP contribution is -2.45. The number of alkyl halides is 2. The highest BCUT2D eigenvalue weighted by Gasteiger charge is 2.23. The van der Waals surface area contributed by atoms with E-state index >= 15 is 0 Å². The van der Waals surface area contributed by atoms with Gasteiger partial charge in [-0.05, 0) is 75.2 Å². The predicted octanol–water partition coefficient (Wildman–Crippen LogP) is 4.82. The molecule has 0 radical (unpaired) electrons. The van der Waals surface area contributed by atoms with Crippen molar-refractivity contribution < 1.29 is 31.9 Å². The van der Waals surface area contributed by atoms with Crippen LogP contribution in [0.1, 0.15) is 42.6 Å². The number of nitrogens with zero attached hydrogens (tertiary/aromatic N) is 3. The maximum absolute atomic E-state index is 14.8. The van der Waals surface area contributed by atoms with Crippen LogP contribution in [-0.4, -0.2) is 58.5 Å². The van der Waals surface area contributed by atoms with Crippen molar-refractivity contribution in [1.29, 1.82) is 0 Å². The van der Waals surface area contributed by atoms with E-state index in [1.807, 2.05) is 19.9 Å². The Balaban J connectivity index is 1.29.